The second kappa shape index (κ2) is 5.81. The van der Waals surface area contributed by atoms with Crippen molar-refractivity contribution in [1.82, 2.24) is 0 Å². The van der Waals surface area contributed by atoms with E-state index in [1.54, 1.807) is 18.2 Å². The molecule has 0 saturated heterocycles. The molecule has 0 heterocycles. The normalized spacial score (nSPS) is 10.4. The zero-order chi connectivity index (χ0) is 14.9. The van der Waals surface area contributed by atoms with Crippen molar-refractivity contribution in [3.63, 3.8) is 0 Å². The molecule has 104 valence electrons. The lowest BCUT2D eigenvalue weighted by Gasteiger charge is -2.09. The Bertz CT molecular complexity index is 691. The number of halogens is 3. The first kappa shape index (κ1) is 14.8. The highest BCUT2D eigenvalue weighted by Gasteiger charge is 2.14. The van der Waals surface area contributed by atoms with Gasteiger partial charge in [-0.25, -0.2) is 4.39 Å². The summed E-state index contributed by atoms with van der Waals surface area (Å²) in [6.45, 7) is 1.87. The van der Waals surface area contributed by atoms with E-state index in [4.69, 9.17) is 17.3 Å². The number of nitrogens with one attached hydrogen (secondary N) is 1. The average molecular weight is 358 g/mol. The van der Waals surface area contributed by atoms with Crippen LogP contribution in [0.15, 0.2) is 34.8 Å². The van der Waals surface area contributed by atoms with E-state index < -0.39 is 11.7 Å². The average Bonchev–Trinajstić information content (AvgIpc) is 2.38. The van der Waals surface area contributed by atoms with Crippen molar-refractivity contribution in [3.05, 3.63) is 56.8 Å². The molecule has 0 unspecified atom stereocenters. The fourth-order valence-electron chi connectivity index (χ4n) is 1.61. The summed E-state index contributed by atoms with van der Waals surface area (Å²) in [7, 11) is 0. The van der Waals surface area contributed by atoms with E-state index in [1.807, 2.05) is 6.92 Å². The summed E-state index contributed by atoms with van der Waals surface area (Å²) in [5.74, 6) is -0.977. The first-order valence-electron chi connectivity index (χ1n) is 5.70. The number of anilines is 2. The number of nitrogens with two attached hydrogens (primary N) is 1. The van der Waals surface area contributed by atoms with Crippen LogP contribution < -0.4 is 11.1 Å². The lowest BCUT2D eigenvalue weighted by molar-refractivity contribution is 0.102. The van der Waals surface area contributed by atoms with Gasteiger partial charge in [0.05, 0.1) is 11.3 Å². The van der Waals surface area contributed by atoms with Crippen molar-refractivity contribution in [3.8, 4) is 0 Å². The second-order valence-electron chi connectivity index (χ2n) is 4.27. The van der Waals surface area contributed by atoms with Gasteiger partial charge in [-0.15, -0.1) is 0 Å². The van der Waals surface area contributed by atoms with E-state index in [2.05, 4.69) is 21.2 Å². The molecule has 3 nitrogen and oxygen atoms in total. The minimum absolute atomic E-state index is 0.0831. The summed E-state index contributed by atoms with van der Waals surface area (Å²) in [5, 5.41) is 3.24. The van der Waals surface area contributed by atoms with Crippen LogP contribution in [-0.4, -0.2) is 5.91 Å². The van der Waals surface area contributed by atoms with Gasteiger partial charge >= 0.3 is 0 Å². The molecule has 0 aliphatic heterocycles. The number of rotatable bonds is 2. The summed E-state index contributed by atoms with van der Waals surface area (Å²) < 4.78 is 13.6. The third-order valence-electron chi connectivity index (χ3n) is 2.76. The summed E-state index contributed by atoms with van der Waals surface area (Å²) in [6.07, 6.45) is 0. The smallest absolute Gasteiger partial charge is 0.256 e. The van der Waals surface area contributed by atoms with Crippen LogP contribution in [0.3, 0.4) is 0 Å². The summed E-state index contributed by atoms with van der Waals surface area (Å²) in [4.78, 5) is 12.1. The number of nitrogen functional groups attached to an aromatic ring is 1. The lowest BCUT2D eigenvalue weighted by Crippen LogP contribution is -2.13. The van der Waals surface area contributed by atoms with Crippen LogP contribution in [0.5, 0.6) is 0 Å². The van der Waals surface area contributed by atoms with Gasteiger partial charge in [-0.3, -0.25) is 4.79 Å². The van der Waals surface area contributed by atoms with Gasteiger partial charge in [0.25, 0.3) is 5.91 Å². The van der Waals surface area contributed by atoms with Gasteiger partial charge in [0.1, 0.15) is 5.82 Å². The second-order valence-corrected chi connectivity index (χ2v) is 5.53. The predicted molar refractivity (Wildman–Crippen MR) is 82.7 cm³/mol. The fourth-order valence-corrected chi connectivity index (χ4v) is 2.28. The molecule has 0 atom stereocenters. The molecule has 20 heavy (non-hydrogen) atoms. The fraction of sp³-hybridized carbons (Fsp3) is 0.0714. The minimum atomic E-state index is -0.577. The maximum absolute atomic E-state index is 13.2. The Hall–Kier alpha value is -1.59. The number of aryl methyl sites for hydroxylation is 1. The number of benzene rings is 2. The van der Waals surface area contributed by atoms with Crippen LogP contribution in [-0.2, 0) is 0 Å². The molecule has 0 fully saturated rings. The van der Waals surface area contributed by atoms with Crippen LogP contribution in [0.25, 0.3) is 0 Å². The first-order chi connectivity index (χ1) is 9.38. The molecule has 0 bridgehead atoms. The monoisotopic (exact) mass is 356 g/mol. The van der Waals surface area contributed by atoms with E-state index in [0.717, 1.165) is 11.6 Å². The van der Waals surface area contributed by atoms with Crippen molar-refractivity contribution in [2.75, 3.05) is 11.1 Å². The van der Waals surface area contributed by atoms with Crippen LogP contribution in [0.2, 0.25) is 5.02 Å². The number of hydrogen-bond acceptors (Lipinski definition) is 2. The van der Waals surface area contributed by atoms with E-state index in [1.165, 1.54) is 6.07 Å². The van der Waals surface area contributed by atoms with Crippen LogP contribution in [0.1, 0.15) is 15.9 Å². The Morgan fingerprint density at radius 3 is 2.70 bits per heavy atom. The highest BCUT2D eigenvalue weighted by molar-refractivity contribution is 9.10. The molecule has 2 rings (SSSR count). The topological polar surface area (TPSA) is 55.1 Å². The molecule has 0 saturated carbocycles. The molecule has 2 aromatic carbocycles. The van der Waals surface area contributed by atoms with Gasteiger partial charge in [0.15, 0.2) is 0 Å². The molecule has 3 N–H and O–H groups in total. The van der Waals surface area contributed by atoms with E-state index in [-0.39, 0.29) is 11.3 Å². The van der Waals surface area contributed by atoms with Gasteiger partial charge in [-0.1, -0.05) is 17.7 Å². The third-order valence-corrected chi connectivity index (χ3v) is 3.82. The van der Waals surface area contributed by atoms with Gasteiger partial charge in [-0.2, -0.15) is 0 Å². The molecule has 0 aromatic heterocycles. The zero-order valence-electron chi connectivity index (χ0n) is 10.5. The van der Waals surface area contributed by atoms with Crippen molar-refractivity contribution < 1.29 is 9.18 Å². The van der Waals surface area contributed by atoms with E-state index in [9.17, 15) is 9.18 Å². The molecular formula is C14H11BrClFN2O. The summed E-state index contributed by atoms with van der Waals surface area (Å²) >= 11 is 9.13. The Morgan fingerprint density at radius 2 is 2.05 bits per heavy atom. The van der Waals surface area contributed by atoms with Crippen molar-refractivity contribution >= 4 is 44.8 Å². The molecule has 1 amide bonds. The highest BCUT2D eigenvalue weighted by atomic mass is 79.9. The van der Waals surface area contributed by atoms with Crippen molar-refractivity contribution in [2.24, 2.45) is 0 Å². The Balaban J connectivity index is 2.28. The largest absolute Gasteiger partial charge is 0.396 e. The zero-order valence-corrected chi connectivity index (χ0v) is 12.8. The number of carbonyl (C=O) groups is 1. The summed E-state index contributed by atoms with van der Waals surface area (Å²) in [5.41, 5.74) is 7.10. The maximum atomic E-state index is 13.2. The standard InChI is InChI=1S/C14H11BrClFN2O/c1-7-2-3-8(4-11(7)16)19-14(20)9-5-13(18)12(17)6-10(9)15/h2-6H,18H2,1H3,(H,19,20). The van der Waals surface area contributed by atoms with Gasteiger partial charge in [0, 0.05) is 15.2 Å². The Morgan fingerprint density at radius 1 is 1.35 bits per heavy atom. The third kappa shape index (κ3) is 3.11. The van der Waals surface area contributed by atoms with Gasteiger partial charge in [-0.05, 0) is 52.7 Å². The van der Waals surface area contributed by atoms with Crippen LogP contribution in [0.4, 0.5) is 15.8 Å². The van der Waals surface area contributed by atoms with Crippen LogP contribution >= 0.6 is 27.5 Å². The number of hydrogen-bond donors (Lipinski definition) is 2. The van der Waals surface area contributed by atoms with Crippen LogP contribution in [0, 0.1) is 12.7 Å². The highest BCUT2D eigenvalue weighted by Crippen LogP contribution is 2.25. The molecule has 0 aliphatic rings. The lowest BCUT2D eigenvalue weighted by atomic mass is 10.1. The predicted octanol–water partition coefficient (Wildman–Crippen LogP) is 4.38. The summed E-state index contributed by atoms with van der Waals surface area (Å²) in [6, 6.07) is 7.62. The van der Waals surface area contributed by atoms with Crippen molar-refractivity contribution in [2.45, 2.75) is 6.92 Å². The molecule has 0 spiro atoms. The first-order valence-corrected chi connectivity index (χ1v) is 6.87. The minimum Gasteiger partial charge on any atom is -0.396 e. The molecule has 2 aromatic rings. The maximum Gasteiger partial charge on any atom is 0.256 e. The van der Waals surface area contributed by atoms with E-state index in [0.29, 0.717) is 15.2 Å². The number of carbonyl (C=O) groups excluding carboxylic acids is 1. The Labute approximate surface area is 129 Å². The molecule has 0 radical (unpaired) electrons. The molecule has 0 aliphatic carbocycles. The van der Waals surface area contributed by atoms with Crippen molar-refractivity contribution in [1.29, 1.82) is 0 Å². The molecular weight excluding hydrogens is 347 g/mol. The van der Waals surface area contributed by atoms with Gasteiger partial charge < -0.3 is 11.1 Å². The van der Waals surface area contributed by atoms with E-state index >= 15 is 0 Å². The quantitative estimate of drug-likeness (QED) is 0.783. The molecule has 6 heteroatoms. The Kier molecular flexibility index (Phi) is 4.30. The SMILES string of the molecule is Cc1ccc(NC(=O)c2cc(N)c(F)cc2Br)cc1Cl. The van der Waals surface area contributed by atoms with Gasteiger partial charge in [0.2, 0.25) is 0 Å². The number of amides is 1.